The summed E-state index contributed by atoms with van der Waals surface area (Å²) in [7, 11) is 0. The molecule has 0 saturated carbocycles. The molecule has 0 aliphatic rings. The Kier molecular flexibility index (Phi) is 3.98. The molecule has 88 valence electrons. The third-order valence-corrected chi connectivity index (χ3v) is 3.22. The highest BCUT2D eigenvalue weighted by molar-refractivity contribution is 6.18. The van der Waals surface area contributed by atoms with Crippen molar-refractivity contribution in [3.05, 3.63) is 34.9 Å². The molecule has 0 saturated heterocycles. The van der Waals surface area contributed by atoms with Crippen molar-refractivity contribution in [1.82, 2.24) is 5.32 Å². The van der Waals surface area contributed by atoms with E-state index in [9.17, 15) is 4.79 Å². The summed E-state index contributed by atoms with van der Waals surface area (Å²) in [4.78, 5) is 11.9. The van der Waals surface area contributed by atoms with Crippen molar-refractivity contribution in [2.75, 3.05) is 5.88 Å². The van der Waals surface area contributed by atoms with Crippen LogP contribution in [0.2, 0.25) is 0 Å². The summed E-state index contributed by atoms with van der Waals surface area (Å²) in [6, 6.07) is 5.69. The zero-order valence-electron chi connectivity index (χ0n) is 10.2. The van der Waals surface area contributed by atoms with Crippen molar-refractivity contribution in [1.29, 1.82) is 0 Å². The predicted octanol–water partition coefficient (Wildman–Crippen LogP) is 3.05. The van der Waals surface area contributed by atoms with Crippen LogP contribution in [0.3, 0.4) is 0 Å². The second kappa shape index (κ2) is 4.88. The first-order chi connectivity index (χ1) is 7.35. The van der Waals surface area contributed by atoms with Gasteiger partial charge in [-0.3, -0.25) is 4.79 Å². The van der Waals surface area contributed by atoms with Crippen molar-refractivity contribution in [2.45, 2.75) is 33.2 Å². The van der Waals surface area contributed by atoms with Gasteiger partial charge < -0.3 is 5.32 Å². The molecule has 1 aromatic carbocycles. The minimum absolute atomic E-state index is 0.0752. The molecule has 0 aliphatic heterocycles. The standard InChI is InChI=1S/C13H18ClNO/c1-9-5-6-11(7-10(9)2)12(16)15-13(3,4)8-14/h5-7H,8H2,1-4H3,(H,15,16). The molecular weight excluding hydrogens is 222 g/mol. The minimum atomic E-state index is -0.378. The topological polar surface area (TPSA) is 29.1 Å². The van der Waals surface area contributed by atoms with Crippen LogP contribution >= 0.6 is 11.6 Å². The van der Waals surface area contributed by atoms with Gasteiger partial charge in [0, 0.05) is 17.0 Å². The van der Waals surface area contributed by atoms with Crippen LogP contribution in [0.25, 0.3) is 0 Å². The second-order valence-corrected chi connectivity index (χ2v) is 5.04. The fourth-order valence-electron chi connectivity index (χ4n) is 1.30. The van der Waals surface area contributed by atoms with E-state index < -0.39 is 0 Å². The first-order valence-electron chi connectivity index (χ1n) is 5.31. The highest BCUT2D eigenvalue weighted by Crippen LogP contribution is 2.12. The van der Waals surface area contributed by atoms with Crippen molar-refractivity contribution < 1.29 is 4.79 Å². The number of hydrogen-bond acceptors (Lipinski definition) is 1. The van der Waals surface area contributed by atoms with E-state index in [0.29, 0.717) is 11.4 Å². The van der Waals surface area contributed by atoms with E-state index in [0.717, 1.165) is 5.56 Å². The van der Waals surface area contributed by atoms with Crippen molar-refractivity contribution in [3.8, 4) is 0 Å². The Bertz CT molecular complexity index is 399. The average molecular weight is 240 g/mol. The summed E-state index contributed by atoms with van der Waals surface area (Å²) in [6.45, 7) is 7.83. The lowest BCUT2D eigenvalue weighted by atomic mass is 10.0. The van der Waals surface area contributed by atoms with E-state index in [1.165, 1.54) is 5.56 Å². The summed E-state index contributed by atoms with van der Waals surface area (Å²) in [5.74, 6) is 0.317. The van der Waals surface area contributed by atoms with Gasteiger partial charge in [0.15, 0.2) is 0 Å². The van der Waals surface area contributed by atoms with Crippen LogP contribution in [0, 0.1) is 13.8 Å². The van der Waals surface area contributed by atoms with E-state index in [1.54, 1.807) is 0 Å². The van der Waals surface area contributed by atoms with Gasteiger partial charge in [-0.15, -0.1) is 11.6 Å². The van der Waals surface area contributed by atoms with Gasteiger partial charge in [0.1, 0.15) is 0 Å². The first kappa shape index (κ1) is 13.0. The van der Waals surface area contributed by atoms with Crippen LogP contribution in [0.4, 0.5) is 0 Å². The van der Waals surface area contributed by atoms with Crippen LogP contribution in [-0.4, -0.2) is 17.3 Å². The van der Waals surface area contributed by atoms with Crippen LogP contribution in [0.5, 0.6) is 0 Å². The largest absolute Gasteiger partial charge is 0.346 e. The van der Waals surface area contributed by atoms with Crippen molar-refractivity contribution in [3.63, 3.8) is 0 Å². The summed E-state index contributed by atoms with van der Waals surface area (Å²) < 4.78 is 0. The monoisotopic (exact) mass is 239 g/mol. The average Bonchev–Trinajstić information content (AvgIpc) is 2.21. The number of amides is 1. The molecule has 0 heterocycles. The molecule has 0 unspecified atom stereocenters. The molecule has 1 rings (SSSR count). The number of aryl methyl sites for hydroxylation is 2. The Morgan fingerprint density at radius 1 is 1.31 bits per heavy atom. The van der Waals surface area contributed by atoms with Gasteiger partial charge in [-0.2, -0.15) is 0 Å². The number of hydrogen-bond donors (Lipinski definition) is 1. The maximum Gasteiger partial charge on any atom is 0.251 e. The number of halogens is 1. The van der Waals surface area contributed by atoms with Crippen LogP contribution in [0.1, 0.15) is 35.3 Å². The molecule has 0 bridgehead atoms. The molecule has 0 atom stereocenters. The summed E-state index contributed by atoms with van der Waals surface area (Å²) >= 11 is 5.77. The fraction of sp³-hybridized carbons (Fsp3) is 0.462. The highest BCUT2D eigenvalue weighted by Gasteiger charge is 2.19. The highest BCUT2D eigenvalue weighted by atomic mass is 35.5. The van der Waals surface area contributed by atoms with E-state index in [2.05, 4.69) is 5.32 Å². The van der Waals surface area contributed by atoms with E-state index >= 15 is 0 Å². The van der Waals surface area contributed by atoms with Gasteiger partial charge in [0.25, 0.3) is 5.91 Å². The van der Waals surface area contributed by atoms with Gasteiger partial charge >= 0.3 is 0 Å². The number of alkyl halides is 1. The molecule has 0 aromatic heterocycles. The molecule has 0 radical (unpaired) electrons. The Morgan fingerprint density at radius 3 is 2.44 bits per heavy atom. The number of rotatable bonds is 3. The molecule has 2 nitrogen and oxygen atoms in total. The molecule has 16 heavy (non-hydrogen) atoms. The van der Waals surface area contributed by atoms with Crippen LogP contribution in [0.15, 0.2) is 18.2 Å². The van der Waals surface area contributed by atoms with Gasteiger partial charge in [-0.1, -0.05) is 6.07 Å². The van der Waals surface area contributed by atoms with E-state index in [-0.39, 0.29) is 11.4 Å². The minimum Gasteiger partial charge on any atom is -0.346 e. The normalized spacial score (nSPS) is 11.3. The fourth-order valence-corrected chi connectivity index (χ4v) is 1.36. The Balaban J connectivity index is 2.85. The van der Waals surface area contributed by atoms with Gasteiger partial charge in [-0.25, -0.2) is 0 Å². The zero-order chi connectivity index (χ0) is 12.3. The number of benzene rings is 1. The maximum atomic E-state index is 11.9. The van der Waals surface area contributed by atoms with Crippen LogP contribution < -0.4 is 5.32 Å². The number of carbonyl (C=O) groups is 1. The molecule has 0 spiro atoms. The van der Waals surface area contributed by atoms with Gasteiger partial charge in [0.2, 0.25) is 0 Å². The van der Waals surface area contributed by atoms with Crippen molar-refractivity contribution in [2.24, 2.45) is 0 Å². The zero-order valence-corrected chi connectivity index (χ0v) is 11.0. The van der Waals surface area contributed by atoms with Gasteiger partial charge in [-0.05, 0) is 51.0 Å². The predicted molar refractivity (Wildman–Crippen MR) is 68.2 cm³/mol. The Labute approximate surface area is 102 Å². The Morgan fingerprint density at radius 2 is 1.94 bits per heavy atom. The molecule has 1 amide bonds. The first-order valence-corrected chi connectivity index (χ1v) is 5.85. The lowest BCUT2D eigenvalue weighted by molar-refractivity contribution is 0.0920. The maximum absolute atomic E-state index is 11.9. The third-order valence-electron chi connectivity index (χ3n) is 2.56. The number of carbonyl (C=O) groups excluding carboxylic acids is 1. The molecule has 0 aliphatic carbocycles. The molecular formula is C13H18ClNO. The molecule has 1 aromatic rings. The molecule has 1 N–H and O–H groups in total. The second-order valence-electron chi connectivity index (χ2n) is 4.77. The van der Waals surface area contributed by atoms with Crippen LogP contribution in [-0.2, 0) is 0 Å². The molecule has 3 heteroatoms. The van der Waals surface area contributed by atoms with Gasteiger partial charge in [0.05, 0.1) is 0 Å². The lowest BCUT2D eigenvalue weighted by Gasteiger charge is -2.23. The van der Waals surface area contributed by atoms with Crippen molar-refractivity contribution >= 4 is 17.5 Å². The van der Waals surface area contributed by atoms with E-state index in [1.807, 2.05) is 45.9 Å². The summed E-state index contributed by atoms with van der Waals surface area (Å²) in [5.41, 5.74) is 2.61. The third kappa shape index (κ3) is 3.24. The number of nitrogens with one attached hydrogen (secondary N) is 1. The summed E-state index contributed by atoms with van der Waals surface area (Å²) in [6.07, 6.45) is 0. The lowest BCUT2D eigenvalue weighted by Crippen LogP contribution is -2.44. The van der Waals surface area contributed by atoms with E-state index in [4.69, 9.17) is 11.6 Å². The Hall–Kier alpha value is -1.02. The smallest absolute Gasteiger partial charge is 0.251 e. The summed E-state index contributed by atoms with van der Waals surface area (Å²) in [5, 5.41) is 2.90. The SMILES string of the molecule is Cc1ccc(C(=O)NC(C)(C)CCl)cc1C. The quantitative estimate of drug-likeness (QED) is 0.808. The molecule has 0 fully saturated rings.